The minimum atomic E-state index is -3.42. The Bertz CT molecular complexity index is 600. The number of nitrogens with two attached hydrogens (primary N) is 1. The fourth-order valence-corrected chi connectivity index (χ4v) is 3.98. The van der Waals surface area contributed by atoms with Gasteiger partial charge in [-0.3, -0.25) is 0 Å². The topological polar surface area (TPSA) is 72.2 Å². The summed E-state index contributed by atoms with van der Waals surface area (Å²) in [5.74, 6) is 0.501. The van der Waals surface area contributed by atoms with Gasteiger partial charge in [0.1, 0.15) is 0 Å². The normalized spacial score (nSPS) is 19.5. The molecule has 1 saturated carbocycles. The van der Waals surface area contributed by atoms with E-state index in [1.807, 2.05) is 12.1 Å². The zero-order chi connectivity index (χ0) is 14.2. The molecule has 0 aromatic heterocycles. The lowest BCUT2D eigenvalue weighted by molar-refractivity contribution is 0.547. The summed E-state index contributed by atoms with van der Waals surface area (Å²) in [6, 6.07) is 5.46. The van der Waals surface area contributed by atoms with Gasteiger partial charge in [0, 0.05) is 12.6 Å². The molecule has 0 bridgehead atoms. The molecule has 118 valence electrons. The molecule has 0 amide bonds. The van der Waals surface area contributed by atoms with Gasteiger partial charge in [-0.25, -0.2) is 13.1 Å². The molecule has 2 aliphatic rings. The Morgan fingerprint density at radius 2 is 1.86 bits per heavy atom. The number of fused-ring (bicyclic) bond motifs is 1. The summed E-state index contributed by atoms with van der Waals surface area (Å²) in [4.78, 5) is 0.376. The predicted octanol–water partition coefficient (Wildman–Crippen LogP) is 2.00. The summed E-state index contributed by atoms with van der Waals surface area (Å²) in [5.41, 5.74) is 8.43. The second-order valence-electron chi connectivity index (χ2n) is 5.99. The average molecular weight is 331 g/mol. The largest absolute Gasteiger partial charge is 0.326 e. The Balaban J connectivity index is 0.00000161. The Labute approximate surface area is 133 Å². The van der Waals surface area contributed by atoms with Gasteiger partial charge in [0.2, 0.25) is 10.0 Å². The number of aryl methyl sites for hydroxylation is 2. The van der Waals surface area contributed by atoms with Crippen LogP contribution in [0.4, 0.5) is 0 Å². The number of benzene rings is 1. The van der Waals surface area contributed by atoms with E-state index in [1.54, 1.807) is 6.07 Å². The quantitative estimate of drug-likeness (QED) is 0.867. The highest BCUT2D eigenvalue weighted by Crippen LogP contribution is 2.31. The maximum Gasteiger partial charge on any atom is 0.240 e. The molecule has 3 rings (SSSR count). The summed E-state index contributed by atoms with van der Waals surface area (Å²) in [6.45, 7) is 0.337. The fraction of sp³-hybridized carbons (Fsp3) is 0.600. The van der Waals surface area contributed by atoms with E-state index in [9.17, 15) is 8.42 Å². The lowest BCUT2D eigenvalue weighted by Gasteiger charge is -2.17. The van der Waals surface area contributed by atoms with Crippen LogP contribution < -0.4 is 10.5 Å². The number of sulfonamides is 1. The van der Waals surface area contributed by atoms with E-state index in [4.69, 9.17) is 5.73 Å². The number of hydrogen-bond donors (Lipinski definition) is 2. The second-order valence-corrected chi connectivity index (χ2v) is 7.76. The van der Waals surface area contributed by atoms with Crippen molar-refractivity contribution < 1.29 is 8.42 Å². The van der Waals surface area contributed by atoms with Crippen LogP contribution in [0.1, 0.15) is 36.8 Å². The van der Waals surface area contributed by atoms with E-state index in [1.165, 1.54) is 17.5 Å². The third-order valence-electron chi connectivity index (χ3n) is 4.37. The number of hydrogen-bond acceptors (Lipinski definition) is 3. The summed E-state index contributed by atoms with van der Waals surface area (Å²) in [5, 5.41) is 0. The van der Waals surface area contributed by atoms with Crippen LogP contribution in [-0.2, 0) is 22.9 Å². The smallest absolute Gasteiger partial charge is 0.240 e. The van der Waals surface area contributed by atoms with Crippen molar-refractivity contribution in [3.63, 3.8) is 0 Å². The molecule has 4 nitrogen and oxygen atoms in total. The van der Waals surface area contributed by atoms with Gasteiger partial charge < -0.3 is 5.73 Å². The molecule has 0 heterocycles. The summed E-state index contributed by atoms with van der Waals surface area (Å²) < 4.78 is 27.2. The first-order valence-corrected chi connectivity index (χ1v) is 8.91. The third kappa shape index (κ3) is 3.97. The van der Waals surface area contributed by atoms with Crippen molar-refractivity contribution in [1.29, 1.82) is 0 Å². The molecule has 1 atom stereocenters. The summed E-state index contributed by atoms with van der Waals surface area (Å²) >= 11 is 0. The highest BCUT2D eigenvalue weighted by atomic mass is 35.5. The summed E-state index contributed by atoms with van der Waals surface area (Å²) in [7, 11) is -3.42. The minimum Gasteiger partial charge on any atom is -0.326 e. The van der Waals surface area contributed by atoms with Crippen LogP contribution in [0, 0.1) is 5.92 Å². The fourth-order valence-electron chi connectivity index (χ4n) is 2.86. The van der Waals surface area contributed by atoms with Crippen LogP contribution in [0.25, 0.3) is 0 Å². The number of halogens is 1. The SMILES string of the molecule is Cl.NC(CNS(=O)(=O)c1ccc2c(c1)CCCC2)C1CC1. The Morgan fingerprint density at radius 3 is 2.52 bits per heavy atom. The zero-order valence-corrected chi connectivity index (χ0v) is 13.7. The molecule has 0 saturated heterocycles. The zero-order valence-electron chi connectivity index (χ0n) is 12.0. The highest BCUT2D eigenvalue weighted by molar-refractivity contribution is 7.89. The van der Waals surface area contributed by atoms with E-state index in [0.717, 1.165) is 32.1 Å². The molecule has 0 spiro atoms. The van der Waals surface area contributed by atoms with Crippen LogP contribution >= 0.6 is 12.4 Å². The van der Waals surface area contributed by atoms with E-state index >= 15 is 0 Å². The van der Waals surface area contributed by atoms with Gasteiger partial charge in [-0.1, -0.05) is 6.07 Å². The van der Waals surface area contributed by atoms with E-state index < -0.39 is 10.0 Å². The molecule has 21 heavy (non-hydrogen) atoms. The molecule has 6 heteroatoms. The van der Waals surface area contributed by atoms with Crippen LogP contribution in [0.5, 0.6) is 0 Å². The maximum atomic E-state index is 12.3. The molecule has 0 aliphatic heterocycles. The van der Waals surface area contributed by atoms with Crippen LogP contribution in [0.15, 0.2) is 23.1 Å². The predicted molar refractivity (Wildman–Crippen MR) is 86.2 cm³/mol. The van der Waals surface area contributed by atoms with Crippen molar-refractivity contribution in [2.24, 2.45) is 11.7 Å². The Kier molecular flexibility index (Phi) is 5.30. The van der Waals surface area contributed by atoms with Crippen molar-refractivity contribution in [3.8, 4) is 0 Å². The van der Waals surface area contributed by atoms with Crippen molar-refractivity contribution in [2.45, 2.75) is 49.5 Å². The molecule has 1 aromatic carbocycles. The highest BCUT2D eigenvalue weighted by Gasteiger charge is 2.29. The van der Waals surface area contributed by atoms with Crippen molar-refractivity contribution in [2.75, 3.05) is 6.54 Å². The summed E-state index contributed by atoms with van der Waals surface area (Å²) in [6.07, 6.45) is 6.66. The van der Waals surface area contributed by atoms with E-state index in [-0.39, 0.29) is 18.4 Å². The van der Waals surface area contributed by atoms with Crippen LogP contribution in [0.3, 0.4) is 0 Å². The Morgan fingerprint density at radius 1 is 1.19 bits per heavy atom. The van der Waals surface area contributed by atoms with Gasteiger partial charge in [0.25, 0.3) is 0 Å². The van der Waals surface area contributed by atoms with E-state index in [0.29, 0.717) is 17.4 Å². The number of nitrogens with one attached hydrogen (secondary N) is 1. The van der Waals surface area contributed by atoms with Crippen molar-refractivity contribution in [1.82, 2.24) is 4.72 Å². The molecule has 0 radical (unpaired) electrons. The molecule has 1 fully saturated rings. The third-order valence-corrected chi connectivity index (χ3v) is 5.79. The molecule has 2 aliphatic carbocycles. The maximum absolute atomic E-state index is 12.3. The minimum absolute atomic E-state index is 0. The first-order chi connectivity index (χ1) is 9.56. The first kappa shape index (κ1) is 16.7. The van der Waals surface area contributed by atoms with Gasteiger partial charge in [0.15, 0.2) is 0 Å². The lowest BCUT2D eigenvalue weighted by atomic mass is 9.92. The lowest BCUT2D eigenvalue weighted by Crippen LogP contribution is -2.38. The van der Waals surface area contributed by atoms with Crippen molar-refractivity contribution in [3.05, 3.63) is 29.3 Å². The van der Waals surface area contributed by atoms with E-state index in [2.05, 4.69) is 4.72 Å². The second kappa shape index (κ2) is 6.65. The van der Waals surface area contributed by atoms with Gasteiger partial charge in [0.05, 0.1) is 4.90 Å². The average Bonchev–Trinajstić information content (AvgIpc) is 3.29. The monoisotopic (exact) mass is 330 g/mol. The standard InChI is InChI=1S/C15H22N2O2S.ClH/c16-15(12-5-6-12)10-17-20(18,19)14-8-7-11-3-1-2-4-13(11)9-14;/h7-9,12,15,17H,1-6,10,16H2;1H. The molecule has 3 N–H and O–H groups in total. The molecule has 1 unspecified atom stereocenters. The van der Waals surface area contributed by atoms with Gasteiger partial charge >= 0.3 is 0 Å². The first-order valence-electron chi connectivity index (χ1n) is 7.43. The molecular weight excluding hydrogens is 308 g/mol. The Hall–Kier alpha value is -0.620. The number of rotatable bonds is 5. The molecule has 1 aromatic rings. The van der Waals surface area contributed by atoms with Crippen LogP contribution in [0.2, 0.25) is 0 Å². The molecular formula is C15H23ClN2O2S. The van der Waals surface area contributed by atoms with Crippen molar-refractivity contribution >= 4 is 22.4 Å². The van der Waals surface area contributed by atoms with Gasteiger partial charge in [-0.2, -0.15) is 0 Å². The van der Waals surface area contributed by atoms with Gasteiger partial charge in [-0.15, -0.1) is 12.4 Å². The van der Waals surface area contributed by atoms with Crippen LogP contribution in [-0.4, -0.2) is 21.0 Å². The van der Waals surface area contributed by atoms with Gasteiger partial charge in [-0.05, 0) is 67.7 Å².